The van der Waals surface area contributed by atoms with E-state index in [0.717, 1.165) is 61.1 Å². The molecule has 0 spiro atoms. The van der Waals surface area contributed by atoms with E-state index in [2.05, 4.69) is 23.7 Å². The number of aromatic nitrogens is 3. The zero-order chi connectivity index (χ0) is 20.1. The maximum atomic E-state index is 12.5. The van der Waals surface area contributed by atoms with E-state index in [1.807, 2.05) is 31.2 Å². The summed E-state index contributed by atoms with van der Waals surface area (Å²) in [5.74, 6) is 1.85. The summed E-state index contributed by atoms with van der Waals surface area (Å²) in [7, 11) is 0. The minimum Gasteiger partial charge on any atom is -0.297 e. The molecule has 0 aliphatic carbocycles. The number of carbonyl (C=O) groups is 1. The molecule has 7 heteroatoms. The number of hydrogen-bond acceptors (Lipinski definition) is 6. The number of rotatable bonds is 4. The topological polar surface area (TPSA) is 62.2 Å². The molecule has 0 radical (unpaired) electrons. The van der Waals surface area contributed by atoms with E-state index in [9.17, 15) is 4.79 Å². The minimum atomic E-state index is -0.106. The van der Waals surface area contributed by atoms with Gasteiger partial charge in [-0.05, 0) is 47.1 Å². The number of thiazole rings is 1. The van der Waals surface area contributed by atoms with Gasteiger partial charge in [0.1, 0.15) is 11.6 Å². The number of anilines is 1. The van der Waals surface area contributed by atoms with Crippen LogP contribution in [-0.2, 0) is 23.2 Å². The predicted octanol–water partition coefficient (Wildman–Crippen LogP) is 3.40. The molecule has 0 bridgehead atoms. The lowest BCUT2D eigenvalue weighted by atomic mass is 9.80. The van der Waals surface area contributed by atoms with Crippen molar-refractivity contribution in [3.8, 4) is 0 Å². The van der Waals surface area contributed by atoms with Gasteiger partial charge >= 0.3 is 0 Å². The van der Waals surface area contributed by atoms with Crippen molar-refractivity contribution in [3.63, 3.8) is 0 Å². The smallest absolute Gasteiger partial charge is 0.233 e. The summed E-state index contributed by atoms with van der Waals surface area (Å²) >= 11 is 1.73. The average molecular weight is 400 g/mol. The SMILES string of the molecule is Cc1ncsc1CN1CCCC(C)(c2nc(C)c3c(n2)N(C(C)C)C(=O)C3)C1. The summed E-state index contributed by atoms with van der Waals surface area (Å²) in [6, 6.07) is 0.112. The van der Waals surface area contributed by atoms with Crippen molar-refractivity contribution in [1.82, 2.24) is 19.9 Å². The molecule has 0 aromatic carbocycles. The molecule has 4 rings (SSSR count). The Kier molecular flexibility index (Phi) is 5.00. The third-order valence-electron chi connectivity index (χ3n) is 6.06. The zero-order valence-electron chi connectivity index (χ0n) is 17.4. The largest absolute Gasteiger partial charge is 0.297 e. The van der Waals surface area contributed by atoms with Gasteiger partial charge < -0.3 is 0 Å². The van der Waals surface area contributed by atoms with Gasteiger partial charge in [-0.25, -0.2) is 15.0 Å². The van der Waals surface area contributed by atoms with Gasteiger partial charge in [0, 0.05) is 40.7 Å². The molecule has 0 saturated carbocycles. The molecule has 1 amide bonds. The molecule has 1 saturated heterocycles. The Hall–Kier alpha value is -1.86. The number of piperidine rings is 1. The lowest BCUT2D eigenvalue weighted by Gasteiger charge is -2.39. The maximum absolute atomic E-state index is 12.5. The first-order valence-corrected chi connectivity index (χ1v) is 11.0. The van der Waals surface area contributed by atoms with Crippen LogP contribution >= 0.6 is 11.3 Å². The van der Waals surface area contributed by atoms with Crippen LogP contribution in [0.4, 0.5) is 5.82 Å². The molecule has 28 heavy (non-hydrogen) atoms. The van der Waals surface area contributed by atoms with Gasteiger partial charge in [-0.15, -0.1) is 11.3 Å². The van der Waals surface area contributed by atoms with E-state index in [0.29, 0.717) is 6.42 Å². The number of fused-ring (bicyclic) bond motifs is 1. The van der Waals surface area contributed by atoms with Crippen LogP contribution in [-0.4, -0.2) is 44.9 Å². The van der Waals surface area contributed by atoms with Crippen LogP contribution in [0.5, 0.6) is 0 Å². The molecule has 0 N–H and O–H groups in total. The fourth-order valence-corrected chi connectivity index (χ4v) is 5.31. The first-order chi connectivity index (χ1) is 13.3. The molecule has 6 nitrogen and oxygen atoms in total. The van der Waals surface area contributed by atoms with Crippen molar-refractivity contribution >= 4 is 23.1 Å². The molecule has 2 aromatic heterocycles. The highest BCUT2D eigenvalue weighted by molar-refractivity contribution is 7.09. The normalized spacial score (nSPS) is 22.9. The van der Waals surface area contributed by atoms with Crippen LogP contribution in [0.2, 0.25) is 0 Å². The summed E-state index contributed by atoms with van der Waals surface area (Å²) in [5, 5.41) is 0. The predicted molar refractivity (Wildman–Crippen MR) is 112 cm³/mol. The Balaban J connectivity index is 1.64. The van der Waals surface area contributed by atoms with Crippen LogP contribution in [0.3, 0.4) is 0 Å². The molecular formula is C21H29N5OS. The summed E-state index contributed by atoms with van der Waals surface area (Å²) in [6.07, 6.45) is 2.62. The van der Waals surface area contributed by atoms with Gasteiger partial charge in [-0.3, -0.25) is 14.6 Å². The summed E-state index contributed by atoms with van der Waals surface area (Å²) in [6.45, 7) is 13.4. The van der Waals surface area contributed by atoms with Crippen LogP contribution in [0.25, 0.3) is 0 Å². The van der Waals surface area contributed by atoms with E-state index in [1.54, 1.807) is 11.3 Å². The van der Waals surface area contributed by atoms with Gasteiger partial charge in [0.2, 0.25) is 5.91 Å². The Morgan fingerprint density at radius 1 is 1.25 bits per heavy atom. The van der Waals surface area contributed by atoms with E-state index in [-0.39, 0.29) is 17.4 Å². The van der Waals surface area contributed by atoms with Gasteiger partial charge in [0.05, 0.1) is 17.6 Å². The first-order valence-electron chi connectivity index (χ1n) is 10.1. The molecule has 1 fully saturated rings. The Bertz CT molecular complexity index is 908. The number of aryl methyl sites for hydroxylation is 2. The summed E-state index contributed by atoms with van der Waals surface area (Å²) in [5.41, 5.74) is 4.91. The van der Waals surface area contributed by atoms with Crippen molar-refractivity contribution in [2.45, 2.75) is 71.9 Å². The van der Waals surface area contributed by atoms with Gasteiger partial charge in [-0.2, -0.15) is 0 Å². The van der Waals surface area contributed by atoms with E-state index in [4.69, 9.17) is 9.97 Å². The Labute approximate surface area is 171 Å². The molecule has 1 unspecified atom stereocenters. The van der Waals surface area contributed by atoms with Crippen molar-refractivity contribution < 1.29 is 4.79 Å². The highest BCUT2D eigenvalue weighted by Gasteiger charge is 2.39. The van der Waals surface area contributed by atoms with E-state index >= 15 is 0 Å². The van der Waals surface area contributed by atoms with E-state index in [1.165, 1.54) is 4.88 Å². The first kappa shape index (κ1) is 19.5. The fourth-order valence-electron chi connectivity index (χ4n) is 4.49. The average Bonchev–Trinajstić information content (AvgIpc) is 3.18. The second kappa shape index (κ2) is 7.19. The molecule has 1 atom stereocenters. The molecule has 4 heterocycles. The van der Waals surface area contributed by atoms with Crippen LogP contribution in [0, 0.1) is 13.8 Å². The molecule has 2 aliphatic heterocycles. The third kappa shape index (κ3) is 3.35. The molecule has 150 valence electrons. The molecule has 2 aliphatic rings. The second-order valence-electron chi connectivity index (χ2n) is 8.70. The van der Waals surface area contributed by atoms with Crippen molar-refractivity contribution in [1.29, 1.82) is 0 Å². The maximum Gasteiger partial charge on any atom is 0.233 e. The van der Waals surface area contributed by atoms with Crippen molar-refractivity contribution in [3.05, 3.63) is 33.2 Å². The Morgan fingerprint density at radius 3 is 2.71 bits per heavy atom. The monoisotopic (exact) mass is 399 g/mol. The number of likely N-dealkylation sites (tertiary alicyclic amines) is 1. The van der Waals surface area contributed by atoms with Crippen LogP contribution < -0.4 is 4.90 Å². The highest BCUT2D eigenvalue weighted by Crippen LogP contribution is 2.37. The Morgan fingerprint density at radius 2 is 2.04 bits per heavy atom. The molecule has 2 aromatic rings. The lowest BCUT2D eigenvalue weighted by Crippen LogP contribution is -2.45. The standard InChI is InChI=1S/C21H29N5OS/c1-13(2)26-18(27)9-16-14(3)23-20(24-19(16)26)21(5)7-6-8-25(11-21)10-17-15(4)22-12-28-17/h12-13H,6-11H2,1-5H3. The number of nitrogens with zero attached hydrogens (tertiary/aromatic N) is 5. The minimum absolute atomic E-state index is 0.106. The van der Waals surface area contributed by atoms with Crippen molar-refractivity contribution in [2.75, 3.05) is 18.0 Å². The summed E-state index contributed by atoms with van der Waals surface area (Å²) < 4.78 is 0. The quantitative estimate of drug-likeness (QED) is 0.788. The van der Waals surface area contributed by atoms with Gasteiger partial charge in [0.15, 0.2) is 0 Å². The van der Waals surface area contributed by atoms with Crippen LogP contribution in [0.1, 0.15) is 61.3 Å². The number of amides is 1. The summed E-state index contributed by atoms with van der Waals surface area (Å²) in [4.78, 5) is 32.4. The number of hydrogen-bond donors (Lipinski definition) is 0. The van der Waals surface area contributed by atoms with Gasteiger partial charge in [-0.1, -0.05) is 6.92 Å². The fraction of sp³-hybridized carbons (Fsp3) is 0.619. The van der Waals surface area contributed by atoms with Gasteiger partial charge in [0.25, 0.3) is 0 Å². The van der Waals surface area contributed by atoms with Crippen molar-refractivity contribution in [2.24, 2.45) is 0 Å². The lowest BCUT2D eigenvalue weighted by molar-refractivity contribution is -0.117. The zero-order valence-corrected chi connectivity index (χ0v) is 18.3. The molecular weight excluding hydrogens is 370 g/mol. The van der Waals surface area contributed by atoms with Crippen LogP contribution in [0.15, 0.2) is 5.51 Å². The third-order valence-corrected chi connectivity index (χ3v) is 6.98. The second-order valence-corrected chi connectivity index (χ2v) is 9.64. The number of carbonyl (C=O) groups excluding carboxylic acids is 1. The van der Waals surface area contributed by atoms with E-state index < -0.39 is 0 Å². The highest BCUT2D eigenvalue weighted by atomic mass is 32.1.